The van der Waals surface area contributed by atoms with Crippen LogP contribution in [0, 0.1) is 5.82 Å². The van der Waals surface area contributed by atoms with E-state index < -0.39 is 0 Å². The second-order valence-electron chi connectivity index (χ2n) is 4.23. The normalized spacial score (nSPS) is 10.4. The summed E-state index contributed by atoms with van der Waals surface area (Å²) in [6, 6.07) is 10.6. The molecule has 0 atom stereocenters. The van der Waals surface area contributed by atoms with Crippen molar-refractivity contribution in [3.8, 4) is 0 Å². The Kier molecular flexibility index (Phi) is 5.61. The third-order valence-corrected chi connectivity index (χ3v) is 4.41. The molecule has 0 saturated heterocycles. The maximum Gasteiger partial charge on any atom is 0.147 e. The predicted molar refractivity (Wildman–Crippen MR) is 96.1 cm³/mol. The van der Waals surface area contributed by atoms with E-state index in [-0.39, 0.29) is 5.82 Å². The van der Waals surface area contributed by atoms with Crippen LogP contribution < -0.4 is 11.1 Å². The van der Waals surface area contributed by atoms with Gasteiger partial charge in [0, 0.05) is 20.6 Å². The Labute approximate surface area is 141 Å². The first-order valence-electron chi connectivity index (χ1n) is 6.30. The Balaban J connectivity index is 2.43. The van der Waals surface area contributed by atoms with Crippen LogP contribution >= 0.6 is 39.9 Å². The van der Waals surface area contributed by atoms with Crippen LogP contribution in [-0.4, -0.2) is 10.7 Å². The van der Waals surface area contributed by atoms with Crippen molar-refractivity contribution >= 4 is 56.3 Å². The lowest BCUT2D eigenvalue weighted by atomic mass is 10.1. The van der Waals surface area contributed by atoms with Crippen LogP contribution in [0.25, 0.3) is 0 Å². The van der Waals surface area contributed by atoms with E-state index >= 15 is 0 Å². The molecular weight excluding hydrogens is 371 g/mol. The van der Waals surface area contributed by atoms with E-state index in [9.17, 15) is 4.39 Å². The van der Waals surface area contributed by atoms with Gasteiger partial charge in [-0.05, 0) is 36.1 Å². The monoisotopic (exact) mass is 384 g/mol. The minimum absolute atomic E-state index is 0.298. The van der Waals surface area contributed by atoms with Crippen molar-refractivity contribution in [2.75, 3.05) is 11.1 Å². The van der Waals surface area contributed by atoms with Crippen LogP contribution in [0.5, 0.6) is 0 Å². The van der Waals surface area contributed by atoms with E-state index in [1.165, 1.54) is 6.07 Å². The Hall–Kier alpha value is -1.11. The average molecular weight is 385 g/mol. The second-order valence-corrected chi connectivity index (χ2v) is 6.89. The van der Waals surface area contributed by atoms with Gasteiger partial charge in [-0.2, -0.15) is 0 Å². The molecule has 0 bridgehead atoms. The summed E-state index contributed by atoms with van der Waals surface area (Å²) in [7, 11) is 0. The van der Waals surface area contributed by atoms with Crippen LogP contribution in [-0.2, 0) is 0 Å². The summed E-state index contributed by atoms with van der Waals surface area (Å²) in [6.45, 7) is 2.06. The van der Waals surface area contributed by atoms with Crippen LogP contribution in [0.15, 0.2) is 45.8 Å². The number of benzene rings is 2. The van der Waals surface area contributed by atoms with E-state index in [2.05, 4.69) is 28.2 Å². The molecule has 0 aliphatic rings. The van der Waals surface area contributed by atoms with Gasteiger partial charge >= 0.3 is 0 Å². The van der Waals surface area contributed by atoms with E-state index in [0.29, 0.717) is 20.8 Å². The van der Waals surface area contributed by atoms with Gasteiger partial charge in [0.2, 0.25) is 0 Å². The van der Waals surface area contributed by atoms with Crippen molar-refractivity contribution in [1.29, 1.82) is 0 Å². The highest BCUT2D eigenvalue weighted by molar-refractivity contribution is 9.10. The fraction of sp³-hybridized carbons (Fsp3) is 0.133. The van der Waals surface area contributed by atoms with E-state index in [0.717, 1.165) is 16.2 Å². The van der Waals surface area contributed by atoms with Gasteiger partial charge in [0.1, 0.15) is 10.8 Å². The molecule has 2 aromatic rings. The summed E-state index contributed by atoms with van der Waals surface area (Å²) < 4.78 is 14.6. The summed E-state index contributed by atoms with van der Waals surface area (Å²) in [5.74, 6) is 0.568. The molecule has 3 N–H and O–H groups in total. The predicted octanol–water partition coefficient (Wildman–Crippen LogP) is 5.08. The van der Waals surface area contributed by atoms with Gasteiger partial charge in [-0.25, -0.2) is 4.39 Å². The van der Waals surface area contributed by atoms with Gasteiger partial charge in [-0.15, -0.1) is 11.8 Å². The van der Waals surface area contributed by atoms with Crippen molar-refractivity contribution in [2.45, 2.75) is 11.8 Å². The van der Waals surface area contributed by atoms with Crippen LogP contribution in [0.2, 0.25) is 0 Å². The molecule has 6 heteroatoms. The number of thiocarbonyl (C=S) groups is 1. The number of nitrogens with two attached hydrogens (primary N) is 1. The Morgan fingerprint density at radius 3 is 2.71 bits per heavy atom. The third-order valence-electron chi connectivity index (χ3n) is 2.77. The number of hydrogen-bond acceptors (Lipinski definition) is 3. The molecule has 0 amide bonds. The highest BCUT2D eigenvalue weighted by atomic mass is 79.9. The lowest BCUT2D eigenvalue weighted by molar-refractivity contribution is 0.631. The number of anilines is 2. The topological polar surface area (TPSA) is 38.0 Å². The summed E-state index contributed by atoms with van der Waals surface area (Å²) in [5, 5.41) is 3.07. The van der Waals surface area contributed by atoms with Crippen LogP contribution in [0.3, 0.4) is 0 Å². The maximum atomic E-state index is 14.0. The molecular formula is C15H14BrFN2S2. The first-order valence-corrected chi connectivity index (χ1v) is 8.49. The van der Waals surface area contributed by atoms with Crippen LogP contribution in [0.1, 0.15) is 12.5 Å². The summed E-state index contributed by atoms with van der Waals surface area (Å²) in [6.07, 6.45) is 0. The molecule has 0 aromatic heterocycles. The van der Waals surface area contributed by atoms with Crippen molar-refractivity contribution in [2.24, 2.45) is 5.73 Å². The van der Waals surface area contributed by atoms with Gasteiger partial charge in [0.15, 0.2) is 0 Å². The zero-order valence-corrected chi connectivity index (χ0v) is 14.5. The number of halogens is 2. The molecule has 0 unspecified atom stereocenters. The second kappa shape index (κ2) is 7.24. The van der Waals surface area contributed by atoms with Gasteiger partial charge in [-0.3, -0.25) is 0 Å². The quantitative estimate of drug-likeness (QED) is 0.556. The van der Waals surface area contributed by atoms with E-state index in [4.69, 9.17) is 18.0 Å². The Morgan fingerprint density at radius 2 is 2.10 bits per heavy atom. The van der Waals surface area contributed by atoms with Gasteiger partial charge in [0.25, 0.3) is 0 Å². The first-order chi connectivity index (χ1) is 10.0. The molecule has 2 rings (SSSR count). The van der Waals surface area contributed by atoms with Crippen molar-refractivity contribution < 1.29 is 4.39 Å². The number of nitrogens with one attached hydrogen (secondary N) is 1. The smallest absolute Gasteiger partial charge is 0.147 e. The van der Waals surface area contributed by atoms with Gasteiger partial charge in [0.05, 0.1) is 5.69 Å². The molecule has 0 radical (unpaired) electrons. The number of hydrogen-bond donors (Lipinski definition) is 2. The molecule has 0 spiro atoms. The highest BCUT2D eigenvalue weighted by Gasteiger charge is 2.13. The minimum atomic E-state index is -0.341. The third kappa shape index (κ3) is 3.96. The molecule has 2 aromatic carbocycles. The first kappa shape index (κ1) is 16.3. The number of rotatable bonds is 5. The molecule has 0 heterocycles. The van der Waals surface area contributed by atoms with E-state index in [1.807, 2.05) is 18.2 Å². The number of thioether (sulfide) groups is 1. The van der Waals surface area contributed by atoms with Crippen molar-refractivity contribution in [1.82, 2.24) is 0 Å². The molecule has 0 saturated carbocycles. The van der Waals surface area contributed by atoms with Gasteiger partial charge in [-0.1, -0.05) is 41.1 Å². The molecule has 2 nitrogen and oxygen atoms in total. The molecule has 0 aliphatic heterocycles. The minimum Gasteiger partial charge on any atom is -0.389 e. The fourth-order valence-corrected chi connectivity index (χ4v) is 3.37. The Morgan fingerprint density at radius 1 is 1.33 bits per heavy atom. The molecule has 21 heavy (non-hydrogen) atoms. The van der Waals surface area contributed by atoms with Crippen molar-refractivity contribution in [3.05, 3.63) is 52.3 Å². The largest absolute Gasteiger partial charge is 0.389 e. The molecule has 0 fully saturated rings. The maximum absolute atomic E-state index is 14.0. The summed E-state index contributed by atoms with van der Waals surface area (Å²) in [5.41, 5.74) is 7.68. The SMILES string of the molecule is CCSc1cccc(Nc2ccc(Br)cc2F)c1C(N)=S. The summed E-state index contributed by atoms with van der Waals surface area (Å²) in [4.78, 5) is 1.29. The zero-order valence-electron chi connectivity index (χ0n) is 11.3. The zero-order chi connectivity index (χ0) is 15.4. The Bertz CT molecular complexity index is 677. The molecule has 110 valence electrons. The fourth-order valence-electron chi connectivity index (χ4n) is 1.90. The van der Waals surface area contributed by atoms with E-state index in [1.54, 1.807) is 23.9 Å². The lowest BCUT2D eigenvalue weighted by Gasteiger charge is -2.15. The standard InChI is InChI=1S/C15H14BrFN2S2/c1-2-21-13-5-3-4-12(14(13)15(18)20)19-11-7-6-9(16)8-10(11)17/h3-8,19H,2H2,1H3,(H2,18,20). The van der Waals surface area contributed by atoms with Gasteiger partial charge < -0.3 is 11.1 Å². The molecule has 0 aliphatic carbocycles. The summed E-state index contributed by atoms with van der Waals surface area (Å²) >= 11 is 10.0. The van der Waals surface area contributed by atoms with Crippen molar-refractivity contribution in [3.63, 3.8) is 0 Å². The van der Waals surface area contributed by atoms with Crippen LogP contribution in [0.4, 0.5) is 15.8 Å². The average Bonchev–Trinajstić information content (AvgIpc) is 2.42. The lowest BCUT2D eigenvalue weighted by Crippen LogP contribution is -2.13. The highest BCUT2D eigenvalue weighted by Crippen LogP contribution is 2.31.